The fraction of sp³-hybridized carbons (Fsp3) is 0.667. The topological polar surface area (TPSA) is 136 Å². The highest BCUT2D eigenvalue weighted by atomic mass is 28.4. The van der Waals surface area contributed by atoms with Crippen molar-refractivity contribution in [1.29, 1.82) is 0 Å². The molecule has 0 saturated heterocycles. The molecule has 0 aliphatic heterocycles. The second-order valence-corrected chi connectivity index (χ2v) is 20.9. The van der Waals surface area contributed by atoms with Crippen LogP contribution >= 0.6 is 0 Å². The Balaban J connectivity index is 0. The summed E-state index contributed by atoms with van der Waals surface area (Å²) in [5.41, 5.74) is 0. The molecule has 0 atom stereocenters. The first-order chi connectivity index (χ1) is 11.7. The van der Waals surface area contributed by atoms with E-state index in [9.17, 15) is 19.2 Å². The van der Waals surface area contributed by atoms with Crippen molar-refractivity contribution in [3.05, 3.63) is 0 Å². The quantitative estimate of drug-likeness (QED) is 0.327. The van der Waals surface area contributed by atoms with Gasteiger partial charge in [0.05, 0.1) is 0 Å². The summed E-state index contributed by atoms with van der Waals surface area (Å²) < 4.78 is 25.4. The zero-order valence-electron chi connectivity index (χ0n) is 16.2. The van der Waals surface area contributed by atoms with Gasteiger partial charge in [-0.15, -0.1) is 0 Å². The smallest absolute Gasteiger partial charge is 0.319 e. The van der Waals surface area contributed by atoms with Crippen LogP contribution in [-0.4, -0.2) is 58.2 Å². The first-order valence-electron chi connectivity index (χ1n) is 7.42. The first-order valence-corrected chi connectivity index (χ1v) is 18.8. The normalized spacial score (nSPS) is 11.4. The predicted octanol–water partition coefficient (Wildman–Crippen LogP) is 2.16. The number of carbonyl (C=O) groups excluding carboxylic acids is 4. The van der Waals surface area contributed by atoms with Crippen LogP contribution in [0.15, 0.2) is 18.6 Å². The fourth-order valence-corrected chi connectivity index (χ4v) is 13.1. The van der Waals surface area contributed by atoms with Crippen LogP contribution in [0.25, 0.3) is 0 Å². The van der Waals surface area contributed by atoms with E-state index in [1.54, 1.807) is 52.4 Å². The van der Waals surface area contributed by atoms with Gasteiger partial charge in [-0.3, -0.25) is 0 Å². The molecule has 0 aromatic carbocycles. The highest BCUT2D eigenvalue weighted by Gasteiger charge is 2.35. The van der Waals surface area contributed by atoms with Gasteiger partial charge in [-0.2, -0.15) is 0 Å². The summed E-state index contributed by atoms with van der Waals surface area (Å²) in [6.45, 7) is 13.9. The molecule has 0 spiro atoms. The summed E-state index contributed by atoms with van der Waals surface area (Å²) in [6, 6.07) is 0. The van der Waals surface area contributed by atoms with E-state index in [2.05, 4.69) is 18.6 Å². The van der Waals surface area contributed by atoms with Gasteiger partial charge >= 0.3 is 33.9 Å². The third kappa shape index (κ3) is 14.6. The molecule has 26 heavy (non-hydrogen) atoms. The molecule has 0 heterocycles. The lowest BCUT2D eigenvalue weighted by Crippen LogP contribution is -2.42. The molecule has 0 amide bonds. The van der Waals surface area contributed by atoms with Crippen LogP contribution in [0.4, 0.5) is 0 Å². The number of hydrogen-bond acceptors (Lipinski definition) is 10. The Morgan fingerprint density at radius 2 is 0.615 bits per heavy atom. The summed E-state index contributed by atoms with van der Waals surface area (Å²) >= 11 is 0. The Morgan fingerprint density at radius 3 is 0.731 bits per heavy atom. The minimum atomic E-state index is -2.39. The minimum Gasteiger partial charge on any atom is -0.421 e. The lowest BCUT2D eigenvalue weighted by atomic mass is 11.7. The van der Waals surface area contributed by atoms with Gasteiger partial charge in [0, 0.05) is 0 Å². The minimum absolute atomic E-state index is 1.47. The molecule has 0 N–H and O–H groups in total. The maximum absolute atomic E-state index is 10.0. The van der Waals surface area contributed by atoms with Crippen molar-refractivity contribution < 1.29 is 27.4 Å². The van der Waals surface area contributed by atoms with E-state index in [0.717, 1.165) is 0 Å². The second-order valence-electron chi connectivity index (χ2n) is 6.80. The zero-order valence-corrected chi connectivity index (χ0v) is 20.2. The number of rotatable bonds is 8. The van der Waals surface area contributed by atoms with E-state index < -0.39 is 33.9 Å². The second kappa shape index (κ2) is 11.1. The highest BCUT2D eigenvalue weighted by Crippen LogP contribution is 2.16. The lowest BCUT2D eigenvalue weighted by Gasteiger charge is -2.24. The van der Waals surface area contributed by atoms with Crippen molar-refractivity contribution in [2.75, 3.05) is 0 Å². The Bertz CT molecular complexity index is 557. The summed E-state index contributed by atoms with van der Waals surface area (Å²) in [7, 11) is -9.54. The number of isocyanates is 4. The molecule has 0 aliphatic carbocycles. The van der Waals surface area contributed by atoms with Crippen molar-refractivity contribution in [3.63, 3.8) is 0 Å². The van der Waals surface area contributed by atoms with E-state index in [-0.39, 0.29) is 0 Å². The number of nitrogens with zero attached hydrogens (tertiary/aromatic N) is 4. The maximum Gasteiger partial charge on any atom is 0.319 e. The molecular weight excluding hydrogens is 408 g/mol. The van der Waals surface area contributed by atoms with Gasteiger partial charge in [0.2, 0.25) is 24.3 Å². The van der Waals surface area contributed by atoms with E-state index in [0.29, 0.717) is 0 Å². The van der Waals surface area contributed by atoms with Crippen LogP contribution in [-0.2, 0) is 27.4 Å². The van der Waals surface area contributed by atoms with Gasteiger partial charge in [-0.25, -0.2) is 37.8 Å². The summed E-state index contributed by atoms with van der Waals surface area (Å²) in [6.07, 6.45) is 5.87. The van der Waals surface area contributed by atoms with E-state index >= 15 is 0 Å². The third-order valence-electron chi connectivity index (χ3n) is 2.26. The van der Waals surface area contributed by atoms with Crippen molar-refractivity contribution in [3.8, 4) is 0 Å². The molecule has 0 fully saturated rings. The van der Waals surface area contributed by atoms with E-state index in [1.165, 1.54) is 24.3 Å². The molecule has 0 saturated carbocycles. The van der Waals surface area contributed by atoms with Crippen molar-refractivity contribution in [2.24, 2.45) is 18.6 Å². The molecule has 0 unspecified atom stereocenters. The van der Waals surface area contributed by atoms with Crippen LogP contribution in [0, 0.1) is 0 Å². The summed E-state index contributed by atoms with van der Waals surface area (Å²) in [5.74, 6) is 0. The Morgan fingerprint density at radius 1 is 0.462 bits per heavy atom. The van der Waals surface area contributed by atoms with Gasteiger partial charge in [0.25, 0.3) is 0 Å². The maximum atomic E-state index is 10.0. The molecule has 10 nitrogen and oxygen atoms in total. The Hall–Kier alpha value is -1.69. The number of hydrogen-bond donors (Lipinski definition) is 0. The first kappa shape index (κ1) is 26.5. The summed E-state index contributed by atoms with van der Waals surface area (Å²) in [4.78, 5) is 40.1. The van der Waals surface area contributed by atoms with Crippen LogP contribution in [0.5, 0.6) is 0 Å². The van der Waals surface area contributed by atoms with Gasteiger partial charge < -0.3 is 8.23 Å². The average molecular weight is 433 g/mol. The van der Waals surface area contributed by atoms with E-state index in [1.807, 2.05) is 0 Å². The van der Waals surface area contributed by atoms with E-state index in [4.69, 9.17) is 8.23 Å². The van der Waals surface area contributed by atoms with Gasteiger partial charge in [0.15, 0.2) is 0 Å². The molecule has 0 aliphatic rings. The molecule has 0 aromatic rings. The highest BCUT2D eigenvalue weighted by molar-refractivity contribution is 6.84. The van der Waals surface area contributed by atoms with Crippen molar-refractivity contribution in [1.82, 2.24) is 0 Å². The largest absolute Gasteiger partial charge is 0.421 e. The van der Waals surface area contributed by atoms with Crippen molar-refractivity contribution in [2.45, 2.75) is 52.4 Å². The monoisotopic (exact) mass is 432 g/mol. The SMILES string of the molecule is C[Si](C)(N=C=O)O[Si](C)(C)N=C=O.C[Si](C)(N=C=O)O[Si](C)(C)N=C=O. The van der Waals surface area contributed by atoms with Crippen LogP contribution in [0.1, 0.15) is 0 Å². The van der Waals surface area contributed by atoms with Crippen LogP contribution < -0.4 is 0 Å². The fourth-order valence-electron chi connectivity index (χ4n) is 1.75. The predicted molar refractivity (Wildman–Crippen MR) is 105 cm³/mol. The van der Waals surface area contributed by atoms with Crippen LogP contribution in [0.3, 0.4) is 0 Å². The third-order valence-corrected chi connectivity index (χ3v) is 12.8. The molecule has 144 valence electrons. The lowest BCUT2D eigenvalue weighted by molar-refractivity contribution is 0.533. The summed E-state index contributed by atoms with van der Waals surface area (Å²) in [5, 5.41) is 0. The van der Waals surface area contributed by atoms with Crippen molar-refractivity contribution >= 4 is 58.2 Å². The molecular formula is C12H24N4O6Si4. The molecule has 0 rings (SSSR count). The Labute approximate surface area is 157 Å². The van der Waals surface area contributed by atoms with Crippen LogP contribution in [0.2, 0.25) is 52.4 Å². The van der Waals surface area contributed by atoms with Gasteiger partial charge in [-0.05, 0) is 52.4 Å². The molecule has 0 bridgehead atoms. The Kier molecular flexibility index (Phi) is 11.3. The zero-order chi connectivity index (χ0) is 21.1. The van der Waals surface area contributed by atoms with Gasteiger partial charge in [-0.1, -0.05) is 0 Å². The molecule has 0 radical (unpaired) electrons. The standard InChI is InChI=1S/2C6H12N2O3Si2/c2*1-12(2,7-5-9)11-13(3,4)8-6-10/h2*1-4H3. The molecule has 14 heteroatoms. The van der Waals surface area contributed by atoms with Gasteiger partial charge in [0.1, 0.15) is 0 Å². The molecule has 0 aromatic heterocycles. The average Bonchev–Trinajstić information content (AvgIpc) is 2.35.